The predicted molar refractivity (Wildman–Crippen MR) is 66.4 cm³/mol. The summed E-state index contributed by atoms with van der Waals surface area (Å²) in [6, 6.07) is 9.77. The normalized spacial score (nSPS) is 9.63. The molecule has 2 rings (SSSR count). The van der Waals surface area contributed by atoms with E-state index in [0.717, 1.165) is 0 Å². The first-order chi connectivity index (χ1) is 9.24. The average Bonchev–Trinajstić information content (AvgIpc) is 2.92. The van der Waals surface area contributed by atoms with Gasteiger partial charge in [-0.15, -0.1) is 0 Å². The third-order valence-electron chi connectivity index (χ3n) is 2.58. The Hall–Kier alpha value is -2.87. The highest BCUT2D eigenvalue weighted by Gasteiger charge is 2.09. The second-order valence-corrected chi connectivity index (χ2v) is 3.79. The van der Waals surface area contributed by atoms with Crippen LogP contribution in [0, 0.1) is 11.3 Å². The number of amides is 1. The number of hydrogen-bond donors (Lipinski definition) is 1. The lowest BCUT2D eigenvalue weighted by atomic mass is 10.1. The van der Waals surface area contributed by atoms with Crippen molar-refractivity contribution in [2.24, 2.45) is 0 Å². The van der Waals surface area contributed by atoms with Gasteiger partial charge in [-0.25, -0.2) is 0 Å². The van der Waals surface area contributed by atoms with Gasteiger partial charge in [0.05, 0.1) is 18.4 Å². The van der Waals surface area contributed by atoms with Gasteiger partial charge in [-0.05, 0) is 18.2 Å². The molecule has 2 aromatic rings. The molecule has 5 nitrogen and oxygen atoms in total. The number of nitrogens with one attached hydrogen (secondary N) is 1. The molecule has 0 aliphatic rings. The number of nitrogens with zero attached hydrogens (tertiary/aromatic N) is 1. The molecule has 1 N–H and O–H groups in total. The second-order valence-electron chi connectivity index (χ2n) is 3.79. The van der Waals surface area contributed by atoms with Crippen LogP contribution in [0.25, 0.3) is 0 Å². The van der Waals surface area contributed by atoms with Crippen LogP contribution < -0.4 is 5.32 Å². The van der Waals surface area contributed by atoms with E-state index in [2.05, 4.69) is 5.32 Å². The van der Waals surface area contributed by atoms with E-state index in [9.17, 15) is 9.59 Å². The van der Waals surface area contributed by atoms with Crippen molar-refractivity contribution in [1.29, 1.82) is 5.26 Å². The van der Waals surface area contributed by atoms with Crippen LogP contribution >= 0.6 is 0 Å². The Morgan fingerprint density at radius 1 is 1.32 bits per heavy atom. The Kier molecular flexibility index (Phi) is 3.74. The molecule has 1 heterocycles. The summed E-state index contributed by atoms with van der Waals surface area (Å²) in [7, 11) is 0. The first kappa shape index (κ1) is 12.6. The van der Waals surface area contributed by atoms with Gasteiger partial charge in [0.1, 0.15) is 18.1 Å². The quantitative estimate of drug-likeness (QED) is 0.844. The summed E-state index contributed by atoms with van der Waals surface area (Å²) in [4.78, 5) is 22.3. The van der Waals surface area contributed by atoms with Crippen LogP contribution in [0.15, 0.2) is 41.0 Å². The number of aldehydes is 1. The maximum Gasteiger partial charge on any atom is 0.251 e. The highest BCUT2D eigenvalue weighted by atomic mass is 16.3. The molecular formula is C14H10N2O3. The van der Waals surface area contributed by atoms with Crippen LogP contribution in [0.4, 0.5) is 0 Å². The van der Waals surface area contributed by atoms with Gasteiger partial charge in [0.2, 0.25) is 0 Å². The molecule has 0 bridgehead atoms. The molecule has 1 aromatic carbocycles. The van der Waals surface area contributed by atoms with E-state index in [-0.39, 0.29) is 12.5 Å². The minimum absolute atomic E-state index is 0.143. The van der Waals surface area contributed by atoms with Gasteiger partial charge in [-0.3, -0.25) is 9.59 Å². The Balaban J connectivity index is 2.01. The fraction of sp³-hybridized carbons (Fsp3) is 0.0714. The number of rotatable bonds is 4. The van der Waals surface area contributed by atoms with Gasteiger partial charge in [0.25, 0.3) is 5.91 Å². The van der Waals surface area contributed by atoms with Crippen molar-refractivity contribution in [3.05, 3.63) is 59.0 Å². The lowest BCUT2D eigenvalue weighted by Gasteiger charge is -2.03. The summed E-state index contributed by atoms with van der Waals surface area (Å²) in [5.41, 5.74) is 1.35. The highest BCUT2D eigenvalue weighted by molar-refractivity contribution is 5.94. The van der Waals surface area contributed by atoms with Crippen LogP contribution in [0.1, 0.15) is 32.0 Å². The number of furan rings is 1. The van der Waals surface area contributed by atoms with Crippen molar-refractivity contribution in [3.8, 4) is 6.07 Å². The number of benzene rings is 1. The first-order valence-electron chi connectivity index (χ1n) is 5.54. The number of carbonyl (C=O) groups excluding carboxylic acids is 2. The van der Waals surface area contributed by atoms with Crippen LogP contribution in [-0.4, -0.2) is 12.2 Å². The standard InChI is InChI=1S/C14H10N2O3/c15-7-12-5-6-19-13(12)8-16-14(18)11-3-1-10(9-17)2-4-11/h1-6,9H,8H2,(H,16,18). The zero-order valence-electron chi connectivity index (χ0n) is 9.92. The van der Waals surface area contributed by atoms with Crippen molar-refractivity contribution < 1.29 is 14.0 Å². The fourth-order valence-corrected chi connectivity index (χ4v) is 1.55. The van der Waals surface area contributed by atoms with Gasteiger partial charge in [-0.1, -0.05) is 12.1 Å². The van der Waals surface area contributed by atoms with Crippen LogP contribution in [0.5, 0.6) is 0 Å². The molecule has 0 saturated carbocycles. The summed E-state index contributed by atoms with van der Waals surface area (Å²) >= 11 is 0. The van der Waals surface area contributed by atoms with Gasteiger partial charge in [0, 0.05) is 11.1 Å². The number of nitriles is 1. The van der Waals surface area contributed by atoms with Crippen molar-refractivity contribution in [2.45, 2.75) is 6.54 Å². The highest BCUT2D eigenvalue weighted by Crippen LogP contribution is 2.09. The van der Waals surface area contributed by atoms with Gasteiger partial charge in [-0.2, -0.15) is 5.26 Å². The molecule has 19 heavy (non-hydrogen) atoms. The van der Waals surface area contributed by atoms with E-state index in [1.807, 2.05) is 6.07 Å². The Morgan fingerprint density at radius 3 is 2.68 bits per heavy atom. The summed E-state index contributed by atoms with van der Waals surface area (Å²) < 4.78 is 5.09. The lowest BCUT2D eigenvalue weighted by molar-refractivity contribution is 0.0947. The minimum atomic E-state index is -0.294. The predicted octanol–water partition coefficient (Wildman–Crippen LogP) is 1.89. The summed E-state index contributed by atoms with van der Waals surface area (Å²) in [6.07, 6.45) is 2.11. The van der Waals surface area contributed by atoms with Crippen molar-refractivity contribution in [1.82, 2.24) is 5.32 Å². The van der Waals surface area contributed by atoms with Gasteiger partial charge < -0.3 is 9.73 Å². The first-order valence-corrected chi connectivity index (χ1v) is 5.54. The molecule has 0 aliphatic heterocycles. The topological polar surface area (TPSA) is 83.1 Å². The third-order valence-corrected chi connectivity index (χ3v) is 2.58. The van der Waals surface area contributed by atoms with Crippen LogP contribution in [0.2, 0.25) is 0 Å². The van der Waals surface area contributed by atoms with Gasteiger partial charge >= 0.3 is 0 Å². The maximum absolute atomic E-state index is 11.8. The second kappa shape index (κ2) is 5.65. The average molecular weight is 254 g/mol. The summed E-state index contributed by atoms with van der Waals surface area (Å²) in [6.45, 7) is 0.143. The molecule has 0 spiro atoms. The fourth-order valence-electron chi connectivity index (χ4n) is 1.55. The van der Waals surface area contributed by atoms with Crippen molar-refractivity contribution in [2.75, 3.05) is 0 Å². The zero-order chi connectivity index (χ0) is 13.7. The van der Waals surface area contributed by atoms with Crippen molar-refractivity contribution in [3.63, 3.8) is 0 Å². The summed E-state index contributed by atoms with van der Waals surface area (Å²) in [5, 5.41) is 11.4. The molecule has 94 valence electrons. The number of carbonyl (C=O) groups is 2. The maximum atomic E-state index is 11.8. The Bertz CT molecular complexity index is 635. The van der Waals surface area contributed by atoms with Crippen LogP contribution in [0.3, 0.4) is 0 Å². The molecular weight excluding hydrogens is 244 g/mol. The lowest BCUT2D eigenvalue weighted by Crippen LogP contribution is -2.22. The van der Waals surface area contributed by atoms with E-state index < -0.39 is 0 Å². The Labute approximate surface area is 109 Å². The molecule has 0 radical (unpaired) electrons. The molecule has 0 saturated heterocycles. The number of hydrogen-bond acceptors (Lipinski definition) is 4. The van der Waals surface area contributed by atoms with E-state index in [1.165, 1.54) is 6.26 Å². The third kappa shape index (κ3) is 2.87. The van der Waals surface area contributed by atoms with E-state index in [0.29, 0.717) is 28.7 Å². The zero-order valence-corrected chi connectivity index (χ0v) is 9.92. The minimum Gasteiger partial charge on any atom is -0.466 e. The van der Waals surface area contributed by atoms with E-state index >= 15 is 0 Å². The summed E-state index contributed by atoms with van der Waals surface area (Å²) in [5.74, 6) is 0.123. The molecule has 0 fully saturated rings. The van der Waals surface area contributed by atoms with E-state index in [1.54, 1.807) is 30.3 Å². The molecule has 1 amide bonds. The molecule has 1 aromatic heterocycles. The largest absolute Gasteiger partial charge is 0.466 e. The van der Waals surface area contributed by atoms with Crippen LogP contribution in [-0.2, 0) is 6.54 Å². The molecule has 0 aliphatic carbocycles. The van der Waals surface area contributed by atoms with E-state index in [4.69, 9.17) is 9.68 Å². The Morgan fingerprint density at radius 2 is 2.05 bits per heavy atom. The molecule has 0 atom stereocenters. The monoisotopic (exact) mass is 254 g/mol. The molecule has 5 heteroatoms. The SMILES string of the molecule is N#Cc1ccoc1CNC(=O)c1ccc(C=O)cc1. The van der Waals surface area contributed by atoms with Gasteiger partial charge in [0.15, 0.2) is 0 Å². The van der Waals surface area contributed by atoms with Crippen molar-refractivity contribution >= 4 is 12.2 Å². The smallest absolute Gasteiger partial charge is 0.251 e. The molecule has 0 unspecified atom stereocenters.